The highest BCUT2D eigenvalue weighted by molar-refractivity contribution is 5.71. The van der Waals surface area contributed by atoms with Crippen molar-refractivity contribution in [3.8, 4) is 0 Å². The fraction of sp³-hybridized carbons (Fsp3) is 0.933. The third kappa shape index (κ3) is 13.5. The first kappa shape index (κ1) is 17.4. The van der Waals surface area contributed by atoms with Gasteiger partial charge in [-0.05, 0) is 6.42 Å². The van der Waals surface area contributed by atoms with E-state index in [-0.39, 0.29) is 12.5 Å². The van der Waals surface area contributed by atoms with Gasteiger partial charge in [-0.15, -0.1) is 0 Å². The second-order valence-electron chi connectivity index (χ2n) is 4.96. The Bertz CT molecular complexity index is 183. The van der Waals surface area contributed by atoms with E-state index in [2.05, 4.69) is 6.92 Å². The van der Waals surface area contributed by atoms with Crippen LogP contribution in [0.3, 0.4) is 0 Å². The summed E-state index contributed by atoms with van der Waals surface area (Å²) in [4.78, 5) is 10.7. The summed E-state index contributed by atoms with van der Waals surface area (Å²) in [7, 11) is 0. The number of esters is 1. The molecule has 0 aliphatic carbocycles. The van der Waals surface area contributed by atoms with Gasteiger partial charge in [0, 0.05) is 0 Å². The molecule has 3 nitrogen and oxygen atoms in total. The molecular formula is C15H31NO2. The Hall–Kier alpha value is -0.570. The standard InChI is InChI=1S/C15H31NO2/c1-2-3-4-5-6-7-8-9-10-11-12-13-18-15(17)14-16/h2-14,16H2,1H3. The largest absolute Gasteiger partial charge is 0.465 e. The number of nitrogens with two attached hydrogens (primary N) is 1. The Morgan fingerprint density at radius 2 is 1.28 bits per heavy atom. The van der Waals surface area contributed by atoms with Gasteiger partial charge in [-0.25, -0.2) is 0 Å². The number of unbranched alkanes of at least 4 members (excludes halogenated alkanes) is 10. The van der Waals surface area contributed by atoms with Gasteiger partial charge in [-0.3, -0.25) is 4.79 Å². The van der Waals surface area contributed by atoms with Crippen LogP contribution < -0.4 is 5.73 Å². The normalized spacial score (nSPS) is 10.6. The minimum atomic E-state index is -0.290. The molecule has 0 bridgehead atoms. The van der Waals surface area contributed by atoms with Gasteiger partial charge in [-0.1, -0.05) is 71.1 Å². The molecule has 0 radical (unpaired) electrons. The number of carbonyl (C=O) groups excluding carboxylic acids is 1. The minimum absolute atomic E-state index is 0.00195. The predicted molar refractivity (Wildman–Crippen MR) is 76.5 cm³/mol. The third-order valence-electron chi connectivity index (χ3n) is 3.18. The fourth-order valence-corrected chi connectivity index (χ4v) is 2.01. The van der Waals surface area contributed by atoms with Crippen molar-refractivity contribution in [2.24, 2.45) is 5.73 Å². The molecule has 0 aliphatic rings. The number of hydrogen-bond acceptors (Lipinski definition) is 3. The zero-order valence-corrected chi connectivity index (χ0v) is 12.1. The van der Waals surface area contributed by atoms with Crippen molar-refractivity contribution in [3.63, 3.8) is 0 Å². The summed E-state index contributed by atoms with van der Waals surface area (Å²) < 4.78 is 4.91. The van der Waals surface area contributed by atoms with E-state index in [1.807, 2.05) is 0 Å². The highest BCUT2D eigenvalue weighted by atomic mass is 16.5. The summed E-state index contributed by atoms with van der Waals surface area (Å²) in [5.41, 5.74) is 5.14. The summed E-state index contributed by atoms with van der Waals surface area (Å²) in [5.74, 6) is -0.290. The minimum Gasteiger partial charge on any atom is -0.465 e. The van der Waals surface area contributed by atoms with Gasteiger partial charge in [0.1, 0.15) is 0 Å². The monoisotopic (exact) mass is 257 g/mol. The Balaban J connectivity index is 2.97. The number of carbonyl (C=O) groups is 1. The quantitative estimate of drug-likeness (QED) is 0.403. The maximum Gasteiger partial charge on any atom is 0.319 e. The second-order valence-corrected chi connectivity index (χ2v) is 4.96. The van der Waals surface area contributed by atoms with Crippen molar-refractivity contribution < 1.29 is 9.53 Å². The van der Waals surface area contributed by atoms with E-state index < -0.39 is 0 Å². The van der Waals surface area contributed by atoms with Crippen LogP contribution in [-0.2, 0) is 9.53 Å². The average molecular weight is 257 g/mol. The molecule has 0 heterocycles. The van der Waals surface area contributed by atoms with Crippen LogP contribution in [0.1, 0.15) is 77.6 Å². The van der Waals surface area contributed by atoms with Gasteiger partial charge in [0.25, 0.3) is 0 Å². The molecule has 0 aromatic rings. The van der Waals surface area contributed by atoms with Crippen LogP contribution in [0.5, 0.6) is 0 Å². The number of hydrogen-bond donors (Lipinski definition) is 1. The van der Waals surface area contributed by atoms with E-state index in [1.54, 1.807) is 0 Å². The van der Waals surface area contributed by atoms with Crippen molar-refractivity contribution in [1.29, 1.82) is 0 Å². The summed E-state index contributed by atoms with van der Waals surface area (Å²) in [6.45, 7) is 2.79. The molecule has 0 unspecified atom stereocenters. The molecule has 18 heavy (non-hydrogen) atoms. The van der Waals surface area contributed by atoms with Crippen molar-refractivity contribution in [3.05, 3.63) is 0 Å². The van der Waals surface area contributed by atoms with Crippen LogP contribution in [0.4, 0.5) is 0 Å². The lowest BCUT2D eigenvalue weighted by Crippen LogP contribution is -2.17. The van der Waals surface area contributed by atoms with Gasteiger partial charge in [-0.2, -0.15) is 0 Å². The molecule has 0 aromatic carbocycles. The highest BCUT2D eigenvalue weighted by Gasteiger charge is 1.97. The van der Waals surface area contributed by atoms with Crippen LogP contribution in [0.2, 0.25) is 0 Å². The molecule has 0 saturated carbocycles. The molecule has 0 rings (SSSR count). The van der Waals surface area contributed by atoms with Gasteiger partial charge in [0.05, 0.1) is 13.2 Å². The van der Waals surface area contributed by atoms with Crippen molar-refractivity contribution in [2.75, 3.05) is 13.2 Å². The van der Waals surface area contributed by atoms with E-state index in [0.29, 0.717) is 6.61 Å². The topological polar surface area (TPSA) is 52.3 Å². The molecule has 0 saturated heterocycles. The summed E-state index contributed by atoms with van der Waals surface area (Å²) in [6.07, 6.45) is 14.4. The van der Waals surface area contributed by atoms with E-state index in [9.17, 15) is 4.79 Å². The first-order valence-corrected chi connectivity index (χ1v) is 7.67. The van der Waals surface area contributed by atoms with Crippen LogP contribution in [0.25, 0.3) is 0 Å². The highest BCUT2D eigenvalue weighted by Crippen LogP contribution is 2.11. The second kappa shape index (κ2) is 14.5. The van der Waals surface area contributed by atoms with Crippen LogP contribution >= 0.6 is 0 Å². The van der Waals surface area contributed by atoms with E-state index in [0.717, 1.165) is 12.8 Å². The summed E-state index contributed by atoms with van der Waals surface area (Å²) in [5, 5.41) is 0. The Labute approximate surface area is 112 Å². The fourth-order valence-electron chi connectivity index (χ4n) is 2.01. The van der Waals surface area contributed by atoms with Crippen LogP contribution in [0.15, 0.2) is 0 Å². The Morgan fingerprint density at radius 3 is 1.72 bits per heavy atom. The smallest absolute Gasteiger partial charge is 0.319 e. The SMILES string of the molecule is CCCCCCCCCCCCCOC(=O)CN. The summed E-state index contributed by atoms with van der Waals surface area (Å²) >= 11 is 0. The predicted octanol–water partition coefficient (Wildman–Crippen LogP) is 3.80. The first-order chi connectivity index (χ1) is 8.81. The molecular weight excluding hydrogens is 226 g/mol. The van der Waals surface area contributed by atoms with Gasteiger partial charge in [0.15, 0.2) is 0 Å². The number of ether oxygens (including phenoxy) is 1. The lowest BCUT2D eigenvalue weighted by atomic mass is 10.1. The van der Waals surface area contributed by atoms with E-state index >= 15 is 0 Å². The van der Waals surface area contributed by atoms with Crippen molar-refractivity contribution >= 4 is 5.97 Å². The van der Waals surface area contributed by atoms with Crippen LogP contribution in [-0.4, -0.2) is 19.1 Å². The molecule has 0 spiro atoms. The van der Waals surface area contributed by atoms with E-state index in [1.165, 1.54) is 57.8 Å². The lowest BCUT2D eigenvalue weighted by molar-refractivity contribution is -0.142. The zero-order valence-electron chi connectivity index (χ0n) is 12.1. The molecule has 2 N–H and O–H groups in total. The maximum absolute atomic E-state index is 10.7. The zero-order chi connectivity index (χ0) is 13.5. The summed E-state index contributed by atoms with van der Waals surface area (Å²) in [6, 6.07) is 0. The maximum atomic E-state index is 10.7. The third-order valence-corrected chi connectivity index (χ3v) is 3.18. The lowest BCUT2D eigenvalue weighted by Gasteiger charge is -2.03. The molecule has 108 valence electrons. The molecule has 0 fully saturated rings. The van der Waals surface area contributed by atoms with E-state index in [4.69, 9.17) is 10.5 Å². The van der Waals surface area contributed by atoms with Gasteiger partial charge in [0.2, 0.25) is 0 Å². The first-order valence-electron chi connectivity index (χ1n) is 7.67. The Morgan fingerprint density at radius 1 is 0.833 bits per heavy atom. The molecule has 0 amide bonds. The molecule has 0 aliphatic heterocycles. The molecule has 0 aromatic heterocycles. The van der Waals surface area contributed by atoms with Crippen molar-refractivity contribution in [1.82, 2.24) is 0 Å². The van der Waals surface area contributed by atoms with Gasteiger partial charge >= 0.3 is 5.97 Å². The molecule has 3 heteroatoms. The van der Waals surface area contributed by atoms with Gasteiger partial charge < -0.3 is 10.5 Å². The molecule has 0 atom stereocenters. The van der Waals surface area contributed by atoms with Crippen molar-refractivity contribution in [2.45, 2.75) is 77.6 Å². The number of rotatable bonds is 13. The Kier molecular flexibility index (Phi) is 14.0. The van der Waals surface area contributed by atoms with Crippen LogP contribution in [0, 0.1) is 0 Å². The average Bonchev–Trinajstić information content (AvgIpc) is 2.39.